The first kappa shape index (κ1) is 22.1. The number of hydrogen-bond donors (Lipinski definition) is 1. The van der Waals surface area contributed by atoms with Crippen LogP contribution in [0.5, 0.6) is 0 Å². The zero-order chi connectivity index (χ0) is 22.1. The standard InChI is InChI=1S/C22H23ClF3N3O2/c23-15-3-1-14(2-4-15)11-27-5-7-28(8-6-27)20-12-29(13-21(20)30)22(31)16-9-18(25)19(26)10-17(16)24/h1-4,9-10,20-21,30H,5-8,11-13H2. The van der Waals surface area contributed by atoms with Gasteiger partial charge in [-0.25, -0.2) is 13.2 Å². The maximum atomic E-state index is 14.0. The van der Waals surface area contributed by atoms with Gasteiger partial charge in [0.1, 0.15) is 5.82 Å². The van der Waals surface area contributed by atoms with Gasteiger partial charge in [-0.3, -0.25) is 14.6 Å². The van der Waals surface area contributed by atoms with Gasteiger partial charge in [-0.1, -0.05) is 23.7 Å². The van der Waals surface area contributed by atoms with Crippen molar-refractivity contribution in [3.63, 3.8) is 0 Å². The van der Waals surface area contributed by atoms with Crippen LogP contribution in [0.1, 0.15) is 15.9 Å². The number of β-amino-alcohol motifs (C(OH)–C–C–N with tert-alkyl or cyclic N) is 1. The van der Waals surface area contributed by atoms with E-state index in [0.717, 1.165) is 32.7 Å². The number of carbonyl (C=O) groups is 1. The van der Waals surface area contributed by atoms with Crippen LogP contribution >= 0.6 is 11.6 Å². The molecule has 5 nitrogen and oxygen atoms in total. The van der Waals surface area contributed by atoms with E-state index in [1.54, 1.807) is 0 Å². The number of hydrogen-bond acceptors (Lipinski definition) is 4. The minimum atomic E-state index is -1.34. The first-order valence-electron chi connectivity index (χ1n) is 10.1. The minimum absolute atomic E-state index is 0.0208. The molecule has 2 saturated heterocycles. The molecule has 0 aromatic heterocycles. The Labute approximate surface area is 183 Å². The van der Waals surface area contributed by atoms with Crippen LogP contribution in [0.2, 0.25) is 5.02 Å². The van der Waals surface area contributed by atoms with E-state index in [-0.39, 0.29) is 19.1 Å². The Morgan fingerprint density at radius 3 is 2.29 bits per heavy atom. The van der Waals surface area contributed by atoms with E-state index in [9.17, 15) is 23.1 Å². The van der Waals surface area contributed by atoms with Crippen molar-refractivity contribution in [3.8, 4) is 0 Å². The average molecular weight is 454 g/mol. The molecule has 2 aromatic rings. The molecule has 0 spiro atoms. The van der Waals surface area contributed by atoms with E-state index in [1.807, 2.05) is 24.3 Å². The molecular weight excluding hydrogens is 431 g/mol. The number of likely N-dealkylation sites (tertiary alicyclic amines) is 1. The molecule has 2 aromatic carbocycles. The Hall–Kier alpha value is -2.13. The van der Waals surface area contributed by atoms with Crippen LogP contribution in [-0.4, -0.2) is 77.1 Å². The topological polar surface area (TPSA) is 47.0 Å². The van der Waals surface area contributed by atoms with Gasteiger partial charge >= 0.3 is 0 Å². The van der Waals surface area contributed by atoms with Gasteiger partial charge in [0.15, 0.2) is 11.6 Å². The van der Waals surface area contributed by atoms with Crippen LogP contribution in [0.3, 0.4) is 0 Å². The van der Waals surface area contributed by atoms with Gasteiger partial charge in [0.2, 0.25) is 0 Å². The van der Waals surface area contributed by atoms with Crippen molar-refractivity contribution >= 4 is 17.5 Å². The molecule has 0 aliphatic carbocycles. The van der Waals surface area contributed by atoms with Crippen molar-refractivity contribution in [1.82, 2.24) is 14.7 Å². The summed E-state index contributed by atoms with van der Waals surface area (Å²) in [4.78, 5) is 18.4. The SMILES string of the molecule is O=C(c1cc(F)c(F)cc1F)N1CC(O)C(N2CCN(Cc3ccc(Cl)cc3)CC2)C1. The molecule has 2 aliphatic rings. The second-order valence-electron chi connectivity index (χ2n) is 8.03. The van der Waals surface area contributed by atoms with E-state index in [1.165, 1.54) is 10.5 Å². The number of carbonyl (C=O) groups excluding carboxylic acids is 1. The van der Waals surface area contributed by atoms with Crippen LogP contribution < -0.4 is 0 Å². The lowest BCUT2D eigenvalue weighted by molar-refractivity contribution is 0.0423. The number of halogens is 4. The van der Waals surface area contributed by atoms with Gasteiger partial charge in [0.25, 0.3) is 5.91 Å². The fourth-order valence-corrected chi connectivity index (χ4v) is 4.38. The largest absolute Gasteiger partial charge is 0.390 e. The van der Waals surface area contributed by atoms with E-state index >= 15 is 0 Å². The van der Waals surface area contributed by atoms with Gasteiger partial charge < -0.3 is 10.0 Å². The zero-order valence-electron chi connectivity index (χ0n) is 16.8. The first-order valence-corrected chi connectivity index (χ1v) is 10.5. The van der Waals surface area contributed by atoms with E-state index < -0.39 is 35.0 Å². The molecule has 166 valence electrons. The van der Waals surface area contributed by atoms with Crippen LogP contribution in [0.25, 0.3) is 0 Å². The maximum Gasteiger partial charge on any atom is 0.257 e. The van der Waals surface area contributed by atoms with E-state index in [0.29, 0.717) is 17.2 Å². The molecular formula is C22H23ClF3N3O2. The predicted molar refractivity (Wildman–Crippen MR) is 110 cm³/mol. The second-order valence-corrected chi connectivity index (χ2v) is 8.47. The number of aliphatic hydroxyl groups excluding tert-OH is 1. The van der Waals surface area contributed by atoms with Crippen molar-refractivity contribution in [2.45, 2.75) is 18.7 Å². The number of piperazine rings is 1. The summed E-state index contributed by atoms with van der Waals surface area (Å²) in [5, 5.41) is 11.2. The molecule has 2 fully saturated rings. The highest BCUT2D eigenvalue weighted by Gasteiger charge is 2.39. The summed E-state index contributed by atoms with van der Waals surface area (Å²) in [6, 6.07) is 8.38. The highest BCUT2D eigenvalue weighted by Crippen LogP contribution is 2.23. The van der Waals surface area contributed by atoms with Crippen LogP contribution in [0.4, 0.5) is 13.2 Å². The van der Waals surface area contributed by atoms with Crippen LogP contribution in [0.15, 0.2) is 36.4 Å². The molecule has 4 rings (SSSR count). The molecule has 2 aliphatic heterocycles. The Balaban J connectivity index is 1.35. The van der Waals surface area contributed by atoms with Crippen LogP contribution in [-0.2, 0) is 6.54 Å². The molecule has 2 heterocycles. The predicted octanol–water partition coefficient (Wildman–Crippen LogP) is 2.76. The van der Waals surface area contributed by atoms with Crippen molar-refractivity contribution in [2.24, 2.45) is 0 Å². The quantitative estimate of drug-likeness (QED) is 0.723. The lowest BCUT2D eigenvalue weighted by Gasteiger charge is -2.38. The molecule has 0 saturated carbocycles. The average Bonchev–Trinajstić information content (AvgIpc) is 3.14. The monoisotopic (exact) mass is 453 g/mol. The number of rotatable bonds is 4. The first-order chi connectivity index (χ1) is 14.8. The van der Waals surface area contributed by atoms with Crippen LogP contribution in [0, 0.1) is 17.5 Å². The number of nitrogens with zero attached hydrogens (tertiary/aromatic N) is 3. The number of aliphatic hydroxyl groups is 1. The molecule has 1 amide bonds. The third-order valence-corrected chi connectivity index (χ3v) is 6.23. The van der Waals surface area contributed by atoms with Gasteiger partial charge in [0.05, 0.1) is 17.7 Å². The van der Waals surface area contributed by atoms with E-state index in [4.69, 9.17) is 11.6 Å². The third-order valence-electron chi connectivity index (χ3n) is 5.98. The third kappa shape index (κ3) is 4.87. The summed E-state index contributed by atoms with van der Waals surface area (Å²) in [5.41, 5.74) is 0.642. The number of amides is 1. The van der Waals surface area contributed by atoms with Crippen molar-refractivity contribution < 1.29 is 23.1 Å². The summed E-state index contributed by atoms with van der Waals surface area (Å²) >= 11 is 5.93. The Morgan fingerprint density at radius 2 is 1.61 bits per heavy atom. The van der Waals surface area contributed by atoms with Gasteiger partial charge in [-0.05, 0) is 23.8 Å². The van der Waals surface area contributed by atoms with Crippen molar-refractivity contribution in [2.75, 3.05) is 39.3 Å². The summed E-state index contributed by atoms with van der Waals surface area (Å²) in [7, 11) is 0. The Bertz CT molecular complexity index is 952. The lowest BCUT2D eigenvalue weighted by Crippen LogP contribution is -2.53. The van der Waals surface area contributed by atoms with E-state index in [2.05, 4.69) is 9.80 Å². The fraction of sp³-hybridized carbons (Fsp3) is 0.409. The lowest BCUT2D eigenvalue weighted by atomic mass is 10.1. The molecule has 1 N–H and O–H groups in total. The zero-order valence-corrected chi connectivity index (χ0v) is 17.5. The summed E-state index contributed by atoms with van der Waals surface area (Å²) < 4.78 is 40.6. The molecule has 9 heteroatoms. The summed E-state index contributed by atoms with van der Waals surface area (Å²) in [6.45, 7) is 4.07. The molecule has 0 bridgehead atoms. The van der Waals surface area contributed by atoms with Crippen molar-refractivity contribution in [1.29, 1.82) is 0 Å². The maximum absolute atomic E-state index is 14.0. The van der Waals surface area contributed by atoms with Gasteiger partial charge in [-0.15, -0.1) is 0 Å². The van der Waals surface area contributed by atoms with Crippen molar-refractivity contribution in [3.05, 3.63) is 70.0 Å². The normalized spacial score (nSPS) is 22.8. The Kier molecular flexibility index (Phi) is 6.52. The Morgan fingerprint density at radius 1 is 0.968 bits per heavy atom. The fourth-order valence-electron chi connectivity index (χ4n) is 4.25. The summed E-state index contributed by atoms with van der Waals surface area (Å²) in [5.74, 6) is -4.49. The smallest absolute Gasteiger partial charge is 0.257 e. The highest BCUT2D eigenvalue weighted by molar-refractivity contribution is 6.30. The second kappa shape index (κ2) is 9.16. The molecule has 0 radical (unpaired) electrons. The summed E-state index contributed by atoms with van der Waals surface area (Å²) in [6.07, 6.45) is -0.792. The van der Waals surface area contributed by atoms with Gasteiger partial charge in [-0.2, -0.15) is 0 Å². The molecule has 2 unspecified atom stereocenters. The minimum Gasteiger partial charge on any atom is -0.390 e. The van der Waals surface area contributed by atoms with Gasteiger partial charge in [0, 0.05) is 56.9 Å². The molecule has 31 heavy (non-hydrogen) atoms. The number of benzene rings is 2. The molecule has 2 atom stereocenters. The highest BCUT2D eigenvalue weighted by atomic mass is 35.5.